The fraction of sp³-hybridized carbons (Fsp3) is 0.0417. The zero-order valence-corrected chi connectivity index (χ0v) is 17.9. The third-order valence-corrected chi connectivity index (χ3v) is 6.28. The number of hydrogen-bond acceptors (Lipinski definition) is 2. The molecule has 136 valence electrons. The molecule has 1 aromatic heterocycles. The van der Waals surface area contributed by atoms with Crippen LogP contribution in [-0.4, -0.2) is 10.1 Å². The number of fused-ring (bicyclic) bond motifs is 3. The molecule has 1 heterocycles. The molecule has 0 saturated carbocycles. The summed E-state index contributed by atoms with van der Waals surface area (Å²) in [6.45, 7) is 0. The average molecular weight is 493 g/mol. The maximum absolute atomic E-state index is 12.0. The molecule has 5 rings (SSSR count). The van der Waals surface area contributed by atoms with E-state index in [2.05, 4.69) is 49.0 Å². The molecule has 0 unspecified atom stereocenters. The molecule has 2 nitrogen and oxygen atoms in total. The van der Waals surface area contributed by atoms with Gasteiger partial charge < -0.3 is 5.11 Å². The van der Waals surface area contributed by atoms with Gasteiger partial charge in [0.2, 0.25) is 0 Å². The Kier molecular flexibility index (Phi) is 4.23. The van der Waals surface area contributed by atoms with Gasteiger partial charge >= 0.3 is 0 Å². The van der Waals surface area contributed by atoms with Crippen LogP contribution in [0.1, 0.15) is 16.7 Å². The van der Waals surface area contributed by atoms with Crippen molar-refractivity contribution >= 4 is 31.9 Å². The molecule has 1 N–H and O–H groups in total. The zero-order chi connectivity index (χ0) is 19.3. The van der Waals surface area contributed by atoms with Crippen molar-refractivity contribution in [1.29, 1.82) is 0 Å². The third-order valence-electron chi connectivity index (χ3n) is 5.30. The molecule has 0 saturated heterocycles. The highest BCUT2D eigenvalue weighted by atomic mass is 79.9. The van der Waals surface area contributed by atoms with Crippen molar-refractivity contribution in [3.05, 3.63) is 111 Å². The number of rotatable bonds is 2. The molecule has 3 aromatic carbocycles. The van der Waals surface area contributed by atoms with Gasteiger partial charge in [-0.2, -0.15) is 0 Å². The van der Waals surface area contributed by atoms with Crippen LogP contribution in [0.3, 0.4) is 0 Å². The third kappa shape index (κ3) is 2.67. The Morgan fingerprint density at radius 2 is 1.32 bits per heavy atom. The maximum Gasteiger partial charge on any atom is 0.141 e. The van der Waals surface area contributed by atoms with Crippen LogP contribution < -0.4 is 0 Å². The molecule has 0 bridgehead atoms. The van der Waals surface area contributed by atoms with E-state index < -0.39 is 5.60 Å². The summed E-state index contributed by atoms with van der Waals surface area (Å²) in [5.41, 5.74) is 5.46. The second-order valence-corrected chi connectivity index (χ2v) is 8.71. The summed E-state index contributed by atoms with van der Waals surface area (Å²) in [6.07, 6.45) is 1.79. The topological polar surface area (TPSA) is 33.1 Å². The fourth-order valence-corrected chi connectivity index (χ4v) is 4.70. The van der Waals surface area contributed by atoms with Crippen molar-refractivity contribution < 1.29 is 5.11 Å². The molecule has 0 atom stereocenters. The van der Waals surface area contributed by atoms with E-state index in [4.69, 9.17) is 0 Å². The summed E-state index contributed by atoms with van der Waals surface area (Å²) in [7, 11) is 0. The molecule has 0 spiro atoms. The molecular weight excluding hydrogens is 478 g/mol. The Morgan fingerprint density at radius 1 is 0.714 bits per heavy atom. The summed E-state index contributed by atoms with van der Waals surface area (Å²) in [5.74, 6) is 0. The van der Waals surface area contributed by atoms with Crippen LogP contribution >= 0.6 is 31.9 Å². The lowest BCUT2D eigenvalue weighted by molar-refractivity contribution is 0.130. The van der Waals surface area contributed by atoms with Gasteiger partial charge in [0, 0.05) is 31.8 Å². The van der Waals surface area contributed by atoms with Gasteiger partial charge in [-0.25, -0.2) is 0 Å². The Morgan fingerprint density at radius 3 is 1.86 bits per heavy atom. The number of nitrogens with zero attached hydrogens (tertiary/aromatic N) is 1. The molecule has 0 aliphatic heterocycles. The fourth-order valence-electron chi connectivity index (χ4n) is 3.97. The smallest absolute Gasteiger partial charge is 0.141 e. The van der Waals surface area contributed by atoms with Crippen molar-refractivity contribution in [3.8, 4) is 22.4 Å². The average Bonchev–Trinajstić information content (AvgIpc) is 2.97. The minimum absolute atomic E-state index is 0.836. The normalized spacial score (nSPS) is 13.8. The van der Waals surface area contributed by atoms with E-state index in [9.17, 15) is 5.11 Å². The minimum Gasteiger partial charge on any atom is -0.376 e. The van der Waals surface area contributed by atoms with Gasteiger partial charge in [0.05, 0.1) is 5.69 Å². The summed E-state index contributed by atoms with van der Waals surface area (Å²) in [6, 6.07) is 26.1. The first-order chi connectivity index (χ1) is 13.6. The van der Waals surface area contributed by atoms with Gasteiger partial charge in [0.1, 0.15) is 5.60 Å². The van der Waals surface area contributed by atoms with E-state index in [-0.39, 0.29) is 0 Å². The molecule has 1 aliphatic rings. The second-order valence-electron chi connectivity index (χ2n) is 6.88. The molecule has 0 fully saturated rings. The number of halogens is 2. The van der Waals surface area contributed by atoms with Gasteiger partial charge in [-0.05, 0) is 53.1 Å². The molecule has 0 radical (unpaired) electrons. The van der Waals surface area contributed by atoms with Gasteiger partial charge in [-0.15, -0.1) is 0 Å². The summed E-state index contributed by atoms with van der Waals surface area (Å²) >= 11 is 7.12. The number of pyridine rings is 1. The molecule has 4 aromatic rings. The summed E-state index contributed by atoms with van der Waals surface area (Å²) in [4.78, 5) is 4.41. The zero-order valence-electron chi connectivity index (χ0n) is 14.7. The van der Waals surface area contributed by atoms with Crippen molar-refractivity contribution in [2.75, 3.05) is 0 Å². The van der Waals surface area contributed by atoms with E-state index in [1.54, 1.807) is 6.20 Å². The van der Waals surface area contributed by atoms with Crippen LogP contribution in [0.5, 0.6) is 0 Å². The predicted molar refractivity (Wildman–Crippen MR) is 119 cm³/mol. The van der Waals surface area contributed by atoms with Crippen molar-refractivity contribution in [2.24, 2.45) is 0 Å². The SMILES string of the molecule is OC1(c2ccc(-c3ccccn3)cc2)c2cc(Br)ccc2-c2ccc(Br)cc21. The highest BCUT2D eigenvalue weighted by Crippen LogP contribution is 2.52. The summed E-state index contributed by atoms with van der Waals surface area (Å²) in [5, 5.41) is 12.0. The Hall–Kier alpha value is -2.27. The quantitative estimate of drug-likeness (QED) is 0.344. The lowest BCUT2D eigenvalue weighted by atomic mass is 9.84. The van der Waals surface area contributed by atoms with Crippen LogP contribution in [-0.2, 0) is 5.60 Å². The number of hydrogen-bond donors (Lipinski definition) is 1. The highest BCUT2D eigenvalue weighted by Gasteiger charge is 2.43. The van der Waals surface area contributed by atoms with Crippen LogP contribution in [0.2, 0.25) is 0 Å². The first-order valence-electron chi connectivity index (χ1n) is 8.92. The number of benzene rings is 3. The largest absolute Gasteiger partial charge is 0.376 e. The van der Waals surface area contributed by atoms with E-state index in [1.165, 1.54) is 0 Å². The highest BCUT2D eigenvalue weighted by molar-refractivity contribution is 9.10. The van der Waals surface area contributed by atoms with E-state index >= 15 is 0 Å². The first kappa shape index (κ1) is 17.8. The van der Waals surface area contributed by atoms with Gasteiger partial charge in [-0.3, -0.25) is 4.98 Å². The van der Waals surface area contributed by atoms with Crippen molar-refractivity contribution in [1.82, 2.24) is 4.98 Å². The molecular formula is C24H15Br2NO. The maximum atomic E-state index is 12.0. The van der Waals surface area contributed by atoms with Crippen LogP contribution in [0, 0.1) is 0 Å². The molecule has 0 amide bonds. The van der Waals surface area contributed by atoms with Gasteiger partial charge in [0.25, 0.3) is 0 Å². The van der Waals surface area contributed by atoms with Crippen molar-refractivity contribution in [3.63, 3.8) is 0 Å². The van der Waals surface area contributed by atoms with E-state index in [1.807, 2.05) is 66.7 Å². The minimum atomic E-state index is -1.21. The van der Waals surface area contributed by atoms with Crippen LogP contribution in [0.4, 0.5) is 0 Å². The van der Waals surface area contributed by atoms with Gasteiger partial charge in [-0.1, -0.05) is 74.3 Å². The van der Waals surface area contributed by atoms with Crippen LogP contribution in [0.25, 0.3) is 22.4 Å². The first-order valence-corrected chi connectivity index (χ1v) is 10.5. The molecule has 28 heavy (non-hydrogen) atoms. The predicted octanol–water partition coefficient (Wildman–Crippen LogP) is 6.54. The van der Waals surface area contributed by atoms with E-state index in [0.717, 1.165) is 48.0 Å². The Balaban J connectivity index is 1.71. The Bertz CT molecular complexity index is 1140. The lowest BCUT2D eigenvalue weighted by Gasteiger charge is -2.27. The second kappa shape index (κ2) is 6.66. The van der Waals surface area contributed by atoms with Crippen molar-refractivity contribution in [2.45, 2.75) is 5.60 Å². The Labute approximate surface area is 180 Å². The summed E-state index contributed by atoms with van der Waals surface area (Å²) < 4.78 is 1.89. The molecule has 4 heteroatoms. The van der Waals surface area contributed by atoms with Gasteiger partial charge in [0.15, 0.2) is 0 Å². The monoisotopic (exact) mass is 491 g/mol. The van der Waals surface area contributed by atoms with E-state index in [0.29, 0.717) is 0 Å². The number of aromatic nitrogens is 1. The van der Waals surface area contributed by atoms with Crippen LogP contribution in [0.15, 0.2) is 94.0 Å². The number of aliphatic hydroxyl groups is 1. The lowest BCUT2D eigenvalue weighted by Crippen LogP contribution is -2.26. The standard InChI is InChI=1S/C24H15Br2NO/c25-17-8-10-19-20-11-9-18(26)14-22(20)24(28,21(19)13-17)16-6-4-15(5-7-16)23-3-1-2-12-27-23/h1-14,28H. The molecule has 1 aliphatic carbocycles.